The summed E-state index contributed by atoms with van der Waals surface area (Å²) in [5.41, 5.74) is 2.41. The van der Waals surface area contributed by atoms with E-state index in [2.05, 4.69) is 43.3 Å². The monoisotopic (exact) mass is 343 g/mol. The number of carbonyl (C=O) groups excluding carboxylic acids is 1. The molecular weight excluding hydrogens is 314 g/mol. The van der Waals surface area contributed by atoms with Gasteiger partial charge in [-0.1, -0.05) is 62.1 Å². The number of benzene rings is 1. The Morgan fingerprint density at radius 1 is 1.29 bits per heavy atom. The number of hydrogen-bond donors (Lipinski definition) is 0. The van der Waals surface area contributed by atoms with Gasteiger partial charge in [0, 0.05) is 27.2 Å². The molecule has 0 aromatic heterocycles. The number of rotatable bonds is 8. The number of carbonyl (C=O) groups is 1. The lowest BCUT2D eigenvalue weighted by molar-refractivity contribution is -0.117. The molecule has 0 N–H and O–H groups in total. The van der Waals surface area contributed by atoms with Crippen molar-refractivity contribution in [2.24, 2.45) is 0 Å². The van der Waals surface area contributed by atoms with Gasteiger partial charge in [0.05, 0.1) is 19.3 Å². The average Bonchev–Trinajstić information content (AvgIpc) is 2.49. The van der Waals surface area contributed by atoms with Crippen molar-refractivity contribution in [1.29, 1.82) is 0 Å². The summed E-state index contributed by atoms with van der Waals surface area (Å²) in [7, 11) is -1.16. The van der Waals surface area contributed by atoms with E-state index in [0.717, 1.165) is 18.2 Å². The molecule has 0 saturated heterocycles. The molecule has 1 aliphatic rings. The van der Waals surface area contributed by atoms with Crippen molar-refractivity contribution in [2.45, 2.75) is 44.8 Å². The summed E-state index contributed by atoms with van der Waals surface area (Å²) in [5, 5.41) is 0. The van der Waals surface area contributed by atoms with Crippen molar-refractivity contribution in [1.82, 2.24) is 4.90 Å². The Morgan fingerprint density at radius 2 is 2.00 bits per heavy atom. The highest BCUT2D eigenvalue weighted by atomic mass is 28.3. The van der Waals surface area contributed by atoms with Crippen LogP contribution in [0.5, 0.6) is 0 Å². The Labute approximate surface area is 147 Å². The second kappa shape index (κ2) is 8.45. The molecule has 0 saturated carbocycles. The van der Waals surface area contributed by atoms with E-state index in [1.165, 1.54) is 5.57 Å². The number of hydrogen-bond acceptors (Lipinski definition) is 3. The van der Waals surface area contributed by atoms with E-state index in [1.807, 2.05) is 24.4 Å². The van der Waals surface area contributed by atoms with Crippen LogP contribution in [-0.4, -0.2) is 38.0 Å². The third-order valence-corrected chi connectivity index (χ3v) is 5.53. The molecule has 0 radical (unpaired) electrons. The highest BCUT2D eigenvalue weighted by molar-refractivity contribution is 6.76. The number of nitrogens with zero attached hydrogens (tertiary/aromatic N) is 1. The largest absolute Gasteiger partial charge is 0.375 e. The second-order valence-electron chi connectivity index (χ2n) is 7.80. The van der Waals surface area contributed by atoms with Crippen LogP contribution in [0.4, 0.5) is 0 Å². The van der Waals surface area contributed by atoms with Gasteiger partial charge in [-0.15, -0.1) is 0 Å². The van der Waals surface area contributed by atoms with E-state index in [9.17, 15) is 4.79 Å². The molecule has 24 heavy (non-hydrogen) atoms. The molecule has 1 aromatic carbocycles. The standard InChI is InChI=1S/C20H29NO2Si/c1-17(16-24(2,3)4)13-21-11-10-20(22)12-19(21)15-23-14-18-8-6-5-7-9-18/h5-11,19H,1,12-16H2,2-4H3. The van der Waals surface area contributed by atoms with Crippen molar-refractivity contribution < 1.29 is 9.53 Å². The Hall–Kier alpha value is -1.65. The SMILES string of the molecule is C=C(CN1C=CC(=O)CC1COCc1ccccc1)C[Si](C)(C)C. The Balaban J connectivity index is 1.89. The fourth-order valence-corrected chi connectivity index (χ4v) is 4.62. The molecule has 1 atom stereocenters. The molecule has 3 nitrogen and oxygen atoms in total. The third-order valence-electron chi connectivity index (χ3n) is 3.97. The average molecular weight is 344 g/mol. The van der Waals surface area contributed by atoms with Crippen LogP contribution < -0.4 is 0 Å². The van der Waals surface area contributed by atoms with Gasteiger partial charge in [0.15, 0.2) is 5.78 Å². The summed E-state index contributed by atoms with van der Waals surface area (Å²) in [6.07, 6.45) is 4.11. The van der Waals surface area contributed by atoms with Gasteiger partial charge >= 0.3 is 0 Å². The van der Waals surface area contributed by atoms with Gasteiger partial charge in [0.2, 0.25) is 0 Å². The molecule has 0 aliphatic carbocycles. The molecule has 0 spiro atoms. The van der Waals surface area contributed by atoms with E-state index in [4.69, 9.17) is 4.74 Å². The first kappa shape index (κ1) is 18.7. The molecule has 2 rings (SSSR count). The van der Waals surface area contributed by atoms with Gasteiger partial charge in [-0.25, -0.2) is 0 Å². The highest BCUT2D eigenvalue weighted by Crippen LogP contribution is 2.20. The van der Waals surface area contributed by atoms with E-state index in [-0.39, 0.29) is 11.8 Å². The van der Waals surface area contributed by atoms with Gasteiger partial charge in [0.1, 0.15) is 0 Å². The summed E-state index contributed by atoms with van der Waals surface area (Å²) in [6.45, 7) is 13.3. The van der Waals surface area contributed by atoms with Crippen LogP contribution in [0.25, 0.3) is 0 Å². The Bertz CT molecular complexity index is 589. The molecule has 0 fully saturated rings. The summed E-state index contributed by atoms with van der Waals surface area (Å²) in [6, 6.07) is 11.3. The van der Waals surface area contributed by atoms with E-state index in [1.54, 1.807) is 6.08 Å². The minimum Gasteiger partial charge on any atom is -0.375 e. The first-order chi connectivity index (χ1) is 11.3. The van der Waals surface area contributed by atoms with Crippen molar-refractivity contribution in [2.75, 3.05) is 13.2 Å². The van der Waals surface area contributed by atoms with Crippen LogP contribution in [-0.2, 0) is 16.1 Å². The third kappa shape index (κ3) is 6.46. The lowest BCUT2D eigenvalue weighted by Gasteiger charge is -2.34. The molecule has 130 valence electrons. The Morgan fingerprint density at radius 3 is 2.67 bits per heavy atom. The topological polar surface area (TPSA) is 29.5 Å². The summed E-state index contributed by atoms with van der Waals surface area (Å²) in [5.74, 6) is 0.176. The van der Waals surface area contributed by atoms with Gasteiger partial charge in [0.25, 0.3) is 0 Å². The van der Waals surface area contributed by atoms with Crippen LogP contribution >= 0.6 is 0 Å². The zero-order valence-corrected chi connectivity index (χ0v) is 16.1. The number of allylic oxidation sites excluding steroid dienone is 1. The molecule has 0 amide bonds. The molecular formula is C20H29NO2Si. The lowest BCUT2D eigenvalue weighted by Crippen LogP contribution is -2.40. The molecule has 1 aromatic rings. The first-order valence-electron chi connectivity index (χ1n) is 8.58. The minimum absolute atomic E-state index is 0.101. The first-order valence-corrected chi connectivity index (χ1v) is 12.3. The van der Waals surface area contributed by atoms with Crippen molar-refractivity contribution in [3.63, 3.8) is 0 Å². The highest BCUT2D eigenvalue weighted by Gasteiger charge is 2.24. The van der Waals surface area contributed by atoms with E-state index in [0.29, 0.717) is 19.6 Å². The zero-order valence-electron chi connectivity index (χ0n) is 15.1. The number of ether oxygens (including phenoxy) is 1. The van der Waals surface area contributed by atoms with Crippen molar-refractivity contribution in [3.8, 4) is 0 Å². The number of ketones is 1. The van der Waals surface area contributed by atoms with Crippen LogP contribution in [0.15, 0.2) is 54.8 Å². The minimum atomic E-state index is -1.16. The smallest absolute Gasteiger partial charge is 0.159 e. The van der Waals surface area contributed by atoms with Crippen LogP contribution in [0.2, 0.25) is 25.7 Å². The van der Waals surface area contributed by atoms with Gasteiger partial charge < -0.3 is 9.64 Å². The normalized spacial score (nSPS) is 18.0. The lowest BCUT2D eigenvalue weighted by atomic mass is 10.1. The maximum absolute atomic E-state index is 11.8. The van der Waals surface area contributed by atoms with Crippen LogP contribution in [0.3, 0.4) is 0 Å². The molecule has 4 heteroatoms. The molecule has 1 aliphatic heterocycles. The fourth-order valence-electron chi connectivity index (χ4n) is 3.01. The van der Waals surface area contributed by atoms with Crippen molar-refractivity contribution >= 4 is 13.9 Å². The maximum atomic E-state index is 11.8. The summed E-state index contributed by atoms with van der Waals surface area (Å²) in [4.78, 5) is 14.0. The van der Waals surface area contributed by atoms with Gasteiger partial charge in [-0.05, 0) is 17.7 Å². The Kier molecular flexibility index (Phi) is 6.57. The summed E-state index contributed by atoms with van der Waals surface area (Å²) < 4.78 is 5.87. The fraction of sp³-hybridized carbons (Fsp3) is 0.450. The zero-order chi connectivity index (χ0) is 17.6. The van der Waals surface area contributed by atoms with Gasteiger partial charge in [-0.2, -0.15) is 0 Å². The van der Waals surface area contributed by atoms with Crippen molar-refractivity contribution in [3.05, 3.63) is 60.3 Å². The predicted molar refractivity (Wildman–Crippen MR) is 103 cm³/mol. The molecule has 1 heterocycles. The predicted octanol–water partition coefficient (Wildman–Crippen LogP) is 4.25. The van der Waals surface area contributed by atoms with E-state index >= 15 is 0 Å². The maximum Gasteiger partial charge on any atom is 0.159 e. The quantitative estimate of drug-likeness (QED) is 0.522. The summed E-state index contributed by atoms with van der Waals surface area (Å²) >= 11 is 0. The van der Waals surface area contributed by atoms with Gasteiger partial charge in [-0.3, -0.25) is 4.79 Å². The van der Waals surface area contributed by atoms with E-state index < -0.39 is 8.07 Å². The second-order valence-corrected chi connectivity index (χ2v) is 13.3. The molecule has 0 bridgehead atoms. The van der Waals surface area contributed by atoms with Crippen LogP contribution in [0.1, 0.15) is 12.0 Å². The molecule has 1 unspecified atom stereocenters. The van der Waals surface area contributed by atoms with Crippen LogP contribution in [0, 0.1) is 0 Å².